The maximum Gasteiger partial charge on any atom is 0.0667 e. The predicted molar refractivity (Wildman–Crippen MR) is 73.4 cm³/mol. The van der Waals surface area contributed by atoms with Gasteiger partial charge in [-0.15, -0.1) is 0 Å². The summed E-state index contributed by atoms with van der Waals surface area (Å²) in [4.78, 5) is 0. The van der Waals surface area contributed by atoms with Gasteiger partial charge in [0.1, 0.15) is 0 Å². The maximum absolute atomic E-state index is 9.73. The molecule has 1 unspecified atom stereocenters. The molecule has 3 heteroatoms. The van der Waals surface area contributed by atoms with Crippen molar-refractivity contribution in [2.45, 2.75) is 39.8 Å². The second-order valence-corrected chi connectivity index (χ2v) is 5.42. The summed E-state index contributed by atoms with van der Waals surface area (Å²) in [5, 5.41) is 13.8. The monoisotopic (exact) mass is 255 g/mol. The summed E-state index contributed by atoms with van der Waals surface area (Å²) < 4.78 is 0. The van der Waals surface area contributed by atoms with Gasteiger partial charge in [-0.05, 0) is 42.5 Å². The molecule has 0 radical (unpaired) electrons. The quantitative estimate of drug-likeness (QED) is 0.819. The number of halogens is 1. The summed E-state index contributed by atoms with van der Waals surface area (Å²) in [6.07, 6.45) is 0.578. The Morgan fingerprint density at radius 1 is 1.35 bits per heavy atom. The Bertz CT molecular complexity index is 352. The molecule has 1 rings (SSSR count). The summed E-state index contributed by atoms with van der Waals surface area (Å²) in [7, 11) is 0. The van der Waals surface area contributed by atoms with Crippen molar-refractivity contribution >= 4 is 11.6 Å². The van der Waals surface area contributed by atoms with E-state index in [1.54, 1.807) is 0 Å². The van der Waals surface area contributed by atoms with Crippen LogP contribution >= 0.6 is 11.6 Å². The number of nitrogens with one attached hydrogen (secondary N) is 1. The molecule has 2 nitrogen and oxygen atoms in total. The van der Waals surface area contributed by atoms with E-state index < -0.39 is 0 Å². The molecule has 0 saturated carbocycles. The third kappa shape index (κ3) is 5.53. The van der Waals surface area contributed by atoms with Gasteiger partial charge < -0.3 is 10.4 Å². The van der Waals surface area contributed by atoms with E-state index >= 15 is 0 Å². The van der Waals surface area contributed by atoms with Gasteiger partial charge in [-0.2, -0.15) is 0 Å². The summed E-state index contributed by atoms with van der Waals surface area (Å²) in [6.45, 7) is 7.70. The van der Waals surface area contributed by atoms with Crippen molar-refractivity contribution < 1.29 is 5.11 Å². The van der Waals surface area contributed by atoms with E-state index in [9.17, 15) is 5.11 Å². The second kappa shape index (κ2) is 7.00. The fourth-order valence-corrected chi connectivity index (χ4v) is 2.09. The highest BCUT2D eigenvalue weighted by Crippen LogP contribution is 2.15. The number of hydrogen-bond donors (Lipinski definition) is 2. The van der Waals surface area contributed by atoms with Gasteiger partial charge >= 0.3 is 0 Å². The van der Waals surface area contributed by atoms with Crippen LogP contribution in [0.4, 0.5) is 0 Å². The number of aliphatic hydroxyl groups excluding tert-OH is 1. The Labute approximate surface area is 109 Å². The number of aliphatic hydroxyl groups is 1. The largest absolute Gasteiger partial charge is 0.392 e. The molecule has 0 aliphatic carbocycles. The Morgan fingerprint density at radius 2 is 2.06 bits per heavy atom. The minimum Gasteiger partial charge on any atom is -0.392 e. The Kier molecular flexibility index (Phi) is 5.96. The van der Waals surface area contributed by atoms with Crippen LogP contribution in [0, 0.1) is 12.8 Å². The lowest BCUT2D eigenvalue weighted by molar-refractivity contribution is 0.146. The van der Waals surface area contributed by atoms with E-state index in [0.29, 0.717) is 12.5 Å². The zero-order valence-corrected chi connectivity index (χ0v) is 11.6. The molecule has 0 heterocycles. The molecule has 0 saturated heterocycles. The van der Waals surface area contributed by atoms with E-state index in [1.807, 2.05) is 25.1 Å². The third-order valence-electron chi connectivity index (χ3n) is 2.74. The van der Waals surface area contributed by atoms with Crippen LogP contribution in [0.1, 0.15) is 31.4 Å². The van der Waals surface area contributed by atoms with E-state index in [1.165, 1.54) is 11.1 Å². The van der Waals surface area contributed by atoms with Crippen LogP contribution in [0.5, 0.6) is 0 Å². The van der Waals surface area contributed by atoms with Crippen LogP contribution in [-0.4, -0.2) is 17.8 Å². The fourth-order valence-electron chi connectivity index (χ4n) is 1.86. The molecule has 1 aromatic rings. The molecular weight excluding hydrogens is 234 g/mol. The van der Waals surface area contributed by atoms with Crippen molar-refractivity contribution in [2.24, 2.45) is 5.92 Å². The highest BCUT2D eigenvalue weighted by atomic mass is 35.5. The average molecular weight is 256 g/mol. The number of aryl methyl sites for hydroxylation is 1. The molecule has 0 aliphatic heterocycles. The minimum atomic E-state index is -0.261. The molecule has 0 amide bonds. The summed E-state index contributed by atoms with van der Waals surface area (Å²) in [5.74, 6) is 0.532. The van der Waals surface area contributed by atoms with Gasteiger partial charge in [0.2, 0.25) is 0 Å². The maximum atomic E-state index is 9.73. The first-order valence-electron chi connectivity index (χ1n) is 6.13. The van der Waals surface area contributed by atoms with Gasteiger partial charge in [-0.1, -0.05) is 31.5 Å². The number of benzene rings is 1. The molecule has 96 valence electrons. The van der Waals surface area contributed by atoms with E-state index in [4.69, 9.17) is 11.6 Å². The van der Waals surface area contributed by atoms with E-state index in [0.717, 1.165) is 18.0 Å². The van der Waals surface area contributed by atoms with Crippen LogP contribution < -0.4 is 5.32 Å². The van der Waals surface area contributed by atoms with Crippen LogP contribution in [0.3, 0.4) is 0 Å². The van der Waals surface area contributed by atoms with Gasteiger partial charge in [0.05, 0.1) is 6.10 Å². The molecule has 0 bridgehead atoms. The normalized spacial score (nSPS) is 13.1. The summed E-state index contributed by atoms with van der Waals surface area (Å²) in [6, 6.07) is 5.89. The van der Waals surface area contributed by atoms with E-state index in [-0.39, 0.29) is 6.10 Å². The predicted octanol–water partition coefficient (Wildman–Crippen LogP) is 3.15. The molecule has 0 aromatic heterocycles. The molecule has 1 aromatic carbocycles. The van der Waals surface area contributed by atoms with Crippen LogP contribution in [0.15, 0.2) is 18.2 Å². The van der Waals surface area contributed by atoms with Crippen LogP contribution in [0.2, 0.25) is 5.02 Å². The van der Waals surface area contributed by atoms with Crippen molar-refractivity contribution in [1.29, 1.82) is 0 Å². The summed E-state index contributed by atoms with van der Waals surface area (Å²) >= 11 is 5.90. The lowest BCUT2D eigenvalue weighted by Gasteiger charge is -2.14. The molecule has 0 aliphatic rings. The van der Waals surface area contributed by atoms with Gasteiger partial charge in [0.25, 0.3) is 0 Å². The van der Waals surface area contributed by atoms with Gasteiger partial charge in [-0.3, -0.25) is 0 Å². The molecule has 1 atom stereocenters. The lowest BCUT2D eigenvalue weighted by Crippen LogP contribution is -2.27. The van der Waals surface area contributed by atoms with Crippen LogP contribution in [0.25, 0.3) is 0 Å². The first-order chi connectivity index (χ1) is 7.99. The van der Waals surface area contributed by atoms with Crippen LogP contribution in [-0.2, 0) is 6.54 Å². The van der Waals surface area contributed by atoms with Crippen molar-refractivity contribution in [3.63, 3.8) is 0 Å². The van der Waals surface area contributed by atoms with Crippen molar-refractivity contribution in [1.82, 2.24) is 5.32 Å². The highest BCUT2D eigenvalue weighted by Gasteiger charge is 2.06. The smallest absolute Gasteiger partial charge is 0.0667 e. The average Bonchev–Trinajstić information content (AvgIpc) is 2.20. The van der Waals surface area contributed by atoms with E-state index in [2.05, 4.69) is 19.2 Å². The third-order valence-corrected chi connectivity index (χ3v) is 2.98. The SMILES string of the molecule is Cc1cc(Cl)ccc1CNCC(O)CC(C)C. The fraction of sp³-hybridized carbons (Fsp3) is 0.571. The standard InChI is InChI=1S/C14H22ClNO/c1-10(2)6-14(17)9-16-8-12-4-5-13(15)7-11(12)3/h4-5,7,10,14,16-17H,6,8-9H2,1-3H3. The summed E-state index contributed by atoms with van der Waals surface area (Å²) in [5.41, 5.74) is 2.41. The number of hydrogen-bond acceptors (Lipinski definition) is 2. The van der Waals surface area contributed by atoms with Crippen molar-refractivity contribution in [2.75, 3.05) is 6.54 Å². The second-order valence-electron chi connectivity index (χ2n) is 4.99. The first kappa shape index (κ1) is 14.5. The molecular formula is C14H22ClNO. The molecule has 0 spiro atoms. The molecule has 17 heavy (non-hydrogen) atoms. The first-order valence-corrected chi connectivity index (χ1v) is 6.50. The van der Waals surface area contributed by atoms with Crippen molar-refractivity contribution in [3.8, 4) is 0 Å². The molecule has 2 N–H and O–H groups in total. The molecule has 0 fully saturated rings. The Morgan fingerprint density at radius 3 is 2.65 bits per heavy atom. The van der Waals surface area contributed by atoms with Crippen molar-refractivity contribution in [3.05, 3.63) is 34.3 Å². The van der Waals surface area contributed by atoms with Gasteiger partial charge in [0.15, 0.2) is 0 Å². The van der Waals surface area contributed by atoms with Gasteiger partial charge in [-0.25, -0.2) is 0 Å². The number of rotatable bonds is 6. The minimum absolute atomic E-state index is 0.261. The topological polar surface area (TPSA) is 32.3 Å². The Balaban J connectivity index is 2.35. The highest BCUT2D eigenvalue weighted by molar-refractivity contribution is 6.30. The Hall–Kier alpha value is -0.570. The zero-order chi connectivity index (χ0) is 12.8. The lowest BCUT2D eigenvalue weighted by atomic mass is 10.1. The zero-order valence-electron chi connectivity index (χ0n) is 10.8. The van der Waals surface area contributed by atoms with Gasteiger partial charge in [0, 0.05) is 18.1 Å².